The molecule has 5 aromatic heterocycles. The van der Waals surface area contributed by atoms with Gasteiger partial charge in [-0.1, -0.05) is 6.07 Å². The van der Waals surface area contributed by atoms with Crippen LogP contribution in [0.25, 0.3) is 27.7 Å². The number of aromatic amines is 1. The zero-order chi connectivity index (χ0) is 27.3. The molecule has 0 aromatic carbocycles. The Morgan fingerprint density at radius 1 is 1.00 bits per heavy atom. The molecule has 3 aliphatic heterocycles. The van der Waals surface area contributed by atoms with E-state index in [-0.39, 0.29) is 0 Å². The summed E-state index contributed by atoms with van der Waals surface area (Å²) in [6.07, 6.45) is 11.6. The highest BCUT2D eigenvalue weighted by molar-refractivity contribution is 6.00. The second kappa shape index (κ2) is 10.0. The van der Waals surface area contributed by atoms with Crippen LogP contribution in [0.4, 0.5) is 5.82 Å². The number of fused-ring (bicyclic) bond motifs is 5. The molecule has 0 amide bonds. The molecule has 0 radical (unpaired) electrons. The van der Waals surface area contributed by atoms with Gasteiger partial charge < -0.3 is 19.1 Å². The highest BCUT2D eigenvalue weighted by Crippen LogP contribution is 2.37. The van der Waals surface area contributed by atoms with Crippen LogP contribution in [-0.4, -0.2) is 86.3 Å². The Balaban J connectivity index is 0.996. The van der Waals surface area contributed by atoms with Crippen LogP contribution in [-0.2, 0) is 11.3 Å². The number of rotatable bonds is 10. The first-order chi connectivity index (χ1) is 20.2. The standard InChI is InChI=1S/C30H32N8O3/c1-39-28-7-2-19(12-32-28)15-37-21-10-22(37)17-36(16-21)27-6-3-20(13-31-27)25-11-24(41-9-8-40-23-4-5-23)18-38-29(25)26-14-33-34-30(26)35-38/h2-3,6-7,11-14,18,21-23H,4-5,8-10,15-17H2,1H3,(H,34,35). The molecular weight excluding hydrogens is 520 g/mol. The van der Waals surface area contributed by atoms with Gasteiger partial charge in [0.2, 0.25) is 5.88 Å². The summed E-state index contributed by atoms with van der Waals surface area (Å²) in [5, 5.41) is 12.8. The Kier molecular flexibility index (Phi) is 5.99. The Morgan fingerprint density at radius 2 is 1.90 bits per heavy atom. The van der Waals surface area contributed by atoms with Gasteiger partial charge in [0.25, 0.3) is 0 Å². The lowest BCUT2D eigenvalue weighted by Gasteiger charge is -2.56. The Labute approximate surface area is 237 Å². The van der Waals surface area contributed by atoms with Gasteiger partial charge in [0.1, 0.15) is 18.2 Å². The SMILES string of the molecule is COc1ccc(CN2C3CC2CN(c2ccc(-c4cc(OCCOC5CC5)cn5nc6[nH]ncc6c45)cn2)C3)cn1. The molecule has 11 nitrogen and oxygen atoms in total. The van der Waals surface area contributed by atoms with Gasteiger partial charge in [-0.2, -0.15) is 5.10 Å². The molecule has 1 saturated carbocycles. The average molecular weight is 553 g/mol. The lowest BCUT2D eigenvalue weighted by atomic mass is 9.87. The van der Waals surface area contributed by atoms with Gasteiger partial charge in [-0.15, -0.1) is 5.10 Å². The third kappa shape index (κ3) is 4.64. The van der Waals surface area contributed by atoms with Crippen LogP contribution in [0, 0.1) is 0 Å². The topological polar surface area (TPSA) is 106 Å². The van der Waals surface area contributed by atoms with Gasteiger partial charge in [-0.05, 0) is 43.0 Å². The van der Waals surface area contributed by atoms with Gasteiger partial charge in [0.15, 0.2) is 5.65 Å². The summed E-state index contributed by atoms with van der Waals surface area (Å²) in [5.74, 6) is 2.41. The van der Waals surface area contributed by atoms with E-state index in [9.17, 15) is 0 Å². The van der Waals surface area contributed by atoms with E-state index in [0.29, 0.717) is 37.3 Å². The Bertz CT molecular complexity index is 1670. The second-order valence-electron chi connectivity index (χ2n) is 11.2. The summed E-state index contributed by atoms with van der Waals surface area (Å²) in [6.45, 7) is 3.96. The summed E-state index contributed by atoms with van der Waals surface area (Å²) in [6, 6.07) is 11.4. The van der Waals surface area contributed by atoms with Crippen molar-refractivity contribution in [1.82, 2.24) is 34.7 Å². The lowest BCUT2D eigenvalue weighted by Crippen LogP contribution is -2.68. The molecule has 2 unspecified atom stereocenters. The monoisotopic (exact) mass is 552 g/mol. The molecule has 4 aliphatic rings. The fourth-order valence-corrected chi connectivity index (χ4v) is 6.15. The number of nitrogens with zero attached hydrogens (tertiary/aromatic N) is 7. The van der Waals surface area contributed by atoms with Crippen LogP contribution >= 0.6 is 0 Å². The third-order valence-corrected chi connectivity index (χ3v) is 8.43. The molecule has 41 heavy (non-hydrogen) atoms. The van der Waals surface area contributed by atoms with Crippen molar-refractivity contribution in [2.45, 2.75) is 44.0 Å². The number of nitrogens with one attached hydrogen (secondary N) is 1. The Hall–Kier alpha value is -4.22. The van der Waals surface area contributed by atoms with Gasteiger partial charge in [-0.25, -0.2) is 14.5 Å². The lowest BCUT2D eigenvalue weighted by molar-refractivity contribution is -0.00876. The fraction of sp³-hybridized carbons (Fsp3) is 0.400. The molecule has 9 rings (SSSR count). The predicted molar refractivity (Wildman–Crippen MR) is 153 cm³/mol. The fourth-order valence-electron chi connectivity index (χ4n) is 6.15. The first-order valence-electron chi connectivity index (χ1n) is 14.3. The molecule has 2 atom stereocenters. The molecule has 210 valence electrons. The number of anilines is 1. The number of ether oxygens (including phenoxy) is 3. The van der Waals surface area contributed by atoms with Crippen molar-refractivity contribution in [1.29, 1.82) is 0 Å². The van der Waals surface area contributed by atoms with E-state index in [4.69, 9.17) is 19.2 Å². The summed E-state index contributed by atoms with van der Waals surface area (Å²) >= 11 is 0. The van der Waals surface area contributed by atoms with Crippen molar-refractivity contribution >= 4 is 22.4 Å². The van der Waals surface area contributed by atoms with E-state index >= 15 is 0 Å². The van der Waals surface area contributed by atoms with Crippen LogP contribution in [0.1, 0.15) is 24.8 Å². The minimum Gasteiger partial charge on any atom is -0.490 e. The van der Waals surface area contributed by atoms with Gasteiger partial charge >= 0.3 is 0 Å². The number of piperazine rings is 1. The molecule has 4 fully saturated rings. The van der Waals surface area contributed by atoms with Gasteiger partial charge in [0.05, 0.1) is 43.1 Å². The summed E-state index contributed by atoms with van der Waals surface area (Å²) in [4.78, 5) is 14.3. The molecule has 1 N–H and O–H groups in total. The summed E-state index contributed by atoms with van der Waals surface area (Å²) in [5.41, 5.74) is 4.96. The van der Waals surface area contributed by atoms with Crippen molar-refractivity contribution in [2.24, 2.45) is 0 Å². The maximum atomic E-state index is 6.07. The molecule has 3 saturated heterocycles. The van der Waals surface area contributed by atoms with E-state index in [0.717, 1.165) is 71.7 Å². The van der Waals surface area contributed by atoms with Crippen LogP contribution in [0.5, 0.6) is 11.6 Å². The molecule has 2 bridgehead atoms. The molecule has 8 heterocycles. The first-order valence-corrected chi connectivity index (χ1v) is 14.3. The number of hydrogen-bond donors (Lipinski definition) is 1. The van der Waals surface area contributed by atoms with E-state index in [1.807, 2.05) is 35.4 Å². The van der Waals surface area contributed by atoms with Crippen molar-refractivity contribution < 1.29 is 14.2 Å². The highest BCUT2D eigenvalue weighted by Gasteiger charge is 2.44. The predicted octanol–water partition coefficient (Wildman–Crippen LogP) is 3.70. The molecule has 0 spiro atoms. The van der Waals surface area contributed by atoms with Crippen LogP contribution < -0.4 is 14.4 Å². The smallest absolute Gasteiger partial charge is 0.212 e. The minimum absolute atomic E-state index is 0.417. The van der Waals surface area contributed by atoms with E-state index in [1.165, 1.54) is 12.0 Å². The summed E-state index contributed by atoms with van der Waals surface area (Å²) < 4.78 is 18.9. The van der Waals surface area contributed by atoms with Crippen LogP contribution in [0.2, 0.25) is 0 Å². The quantitative estimate of drug-likeness (QED) is 0.260. The maximum Gasteiger partial charge on any atom is 0.212 e. The van der Waals surface area contributed by atoms with E-state index < -0.39 is 0 Å². The largest absolute Gasteiger partial charge is 0.490 e. The van der Waals surface area contributed by atoms with Gasteiger partial charge in [0, 0.05) is 61.3 Å². The highest BCUT2D eigenvalue weighted by atomic mass is 16.5. The summed E-state index contributed by atoms with van der Waals surface area (Å²) in [7, 11) is 1.65. The molecular formula is C30H32N8O3. The van der Waals surface area contributed by atoms with Crippen molar-refractivity contribution in [3.63, 3.8) is 0 Å². The molecule has 5 aromatic rings. The van der Waals surface area contributed by atoms with Crippen molar-refractivity contribution in [3.05, 3.63) is 60.7 Å². The van der Waals surface area contributed by atoms with E-state index in [2.05, 4.69) is 54.3 Å². The normalized spacial score (nSPS) is 20.5. The number of H-pyrrole nitrogens is 1. The number of piperidine rings is 1. The second-order valence-corrected chi connectivity index (χ2v) is 11.2. The zero-order valence-electron chi connectivity index (χ0n) is 22.9. The van der Waals surface area contributed by atoms with Crippen LogP contribution in [0.3, 0.4) is 0 Å². The van der Waals surface area contributed by atoms with Crippen molar-refractivity contribution in [3.8, 4) is 22.8 Å². The zero-order valence-corrected chi connectivity index (χ0v) is 22.9. The first kappa shape index (κ1) is 24.6. The number of methoxy groups -OCH3 is 1. The Morgan fingerprint density at radius 3 is 2.66 bits per heavy atom. The molecule has 1 aliphatic carbocycles. The number of aromatic nitrogens is 6. The van der Waals surface area contributed by atoms with E-state index in [1.54, 1.807) is 7.11 Å². The number of hydrogen-bond acceptors (Lipinski definition) is 9. The van der Waals surface area contributed by atoms with Crippen molar-refractivity contribution in [2.75, 3.05) is 38.3 Å². The van der Waals surface area contributed by atoms with Crippen LogP contribution in [0.15, 0.2) is 55.1 Å². The third-order valence-electron chi connectivity index (χ3n) is 8.43. The molecule has 11 heteroatoms. The average Bonchev–Trinajstić information content (AvgIpc) is 3.62. The van der Waals surface area contributed by atoms with Gasteiger partial charge in [-0.3, -0.25) is 10.00 Å². The number of pyridine rings is 3. The minimum atomic E-state index is 0.417. The maximum absolute atomic E-state index is 6.07.